The van der Waals surface area contributed by atoms with Crippen LogP contribution in [0.4, 0.5) is 5.69 Å². The van der Waals surface area contributed by atoms with Gasteiger partial charge in [0.25, 0.3) is 10.0 Å². The smallest absolute Gasteiger partial charge is 0.261 e. The van der Waals surface area contributed by atoms with E-state index in [2.05, 4.69) is 26.0 Å². The lowest BCUT2D eigenvalue weighted by Crippen LogP contribution is -2.50. The summed E-state index contributed by atoms with van der Waals surface area (Å²) in [4.78, 5) is 10.6. The first-order chi connectivity index (χ1) is 19.9. The van der Waals surface area contributed by atoms with Crippen LogP contribution in [0, 0.1) is 11.3 Å². The van der Waals surface area contributed by atoms with E-state index >= 15 is 0 Å². The molecule has 6 rings (SSSR count). The highest BCUT2D eigenvalue weighted by Gasteiger charge is 2.37. The highest BCUT2D eigenvalue weighted by atomic mass is 32.2. The van der Waals surface area contributed by atoms with Crippen molar-refractivity contribution < 1.29 is 8.42 Å². The number of benzene rings is 2. The number of aromatic nitrogens is 5. The summed E-state index contributed by atoms with van der Waals surface area (Å²) in [6.07, 6.45) is 9.07. The fourth-order valence-corrected chi connectivity index (χ4v) is 6.84. The number of rotatable bonds is 8. The van der Waals surface area contributed by atoms with Crippen molar-refractivity contribution in [2.75, 3.05) is 11.4 Å². The van der Waals surface area contributed by atoms with Crippen molar-refractivity contribution in [2.45, 2.75) is 30.6 Å². The van der Waals surface area contributed by atoms with Gasteiger partial charge in [-0.05, 0) is 66.1 Å². The number of hydrogen-bond donors (Lipinski definition) is 0. The maximum Gasteiger partial charge on any atom is 0.261 e. The second kappa shape index (κ2) is 11.0. The fourth-order valence-electron chi connectivity index (χ4n) is 5.30. The molecule has 0 fully saturated rings. The minimum atomic E-state index is -3.99. The third kappa shape index (κ3) is 5.35. The quantitative estimate of drug-likeness (QED) is 0.282. The minimum Gasteiger partial charge on any atom is -0.364 e. The Morgan fingerprint density at radius 2 is 1.98 bits per heavy atom. The Morgan fingerprint density at radius 3 is 2.71 bits per heavy atom. The number of aryl methyl sites for hydroxylation is 1. The van der Waals surface area contributed by atoms with Crippen molar-refractivity contribution >= 4 is 15.7 Å². The molecule has 1 aliphatic rings. The Morgan fingerprint density at radius 1 is 1.07 bits per heavy atom. The molecule has 3 aromatic heterocycles. The molecular formula is C30H28N8O2S. The first-order valence-corrected chi connectivity index (χ1v) is 14.6. The maximum atomic E-state index is 14.2. The lowest BCUT2D eigenvalue weighted by atomic mass is 9.95. The van der Waals surface area contributed by atoms with Crippen molar-refractivity contribution in [3.63, 3.8) is 0 Å². The van der Waals surface area contributed by atoms with Gasteiger partial charge in [0, 0.05) is 56.7 Å². The summed E-state index contributed by atoms with van der Waals surface area (Å²) < 4.78 is 33.7. The summed E-state index contributed by atoms with van der Waals surface area (Å²) in [5, 5.41) is 13.9. The van der Waals surface area contributed by atoms with Gasteiger partial charge >= 0.3 is 0 Å². The van der Waals surface area contributed by atoms with E-state index in [1.807, 2.05) is 66.5 Å². The van der Waals surface area contributed by atoms with Crippen LogP contribution >= 0.6 is 0 Å². The zero-order valence-electron chi connectivity index (χ0n) is 22.4. The molecule has 0 saturated heterocycles. The number of pyridine rings is 1. The molecule has 0 amide bonds. The number of imidazole rings is 1. The molecule has 0 N–H and O–H groups in total. The zero-order chi connectivity index (χ0) is 28.4. The van der Waals surface area contributed by atoms with Crippen LogP contribution in [0.15, 0.2) is 103 Å². The summed E-state index contributed by atoms with van der Waals surface area (Å²) in [7, 11) is -2.05. The van der Waals surface area contributed by atoms with E-state index in [-0.39, 0.29) is 11.6 Å². The van der Waals surface area contributed by atoms with Crippen LogP contribution in [0.25, 0.3) is 5.69 Å². The Bertz CT molecular complexity index is 1810. The SMILES string of the molecule is Cn1cncc1CN1CC(N(Cc2cccc(-n3cccn3)c2)S(=O)(=O)c2ccccn2)Cc2cc(C#N)ccc21. The fraction of sp³-hybridized carbons (Fsp3) is 0.200. The molecule has 2 aromatic carbocycles. The lowest BCUT2D eigenvalue weighted by Gasteiger charge is -2.40. The van der Waals surface area contributed by atoms with Gasteiger partial charge in [0.1, 0.15) is 0 Å². The molecule has 0 aliphatic carbocycles. The van der Waals surface area contributed by atoms with Crippen LogP contribution in [0.1, 0.15) is 22.4 Å². The molecule has 4 heterocycles. The predicted octanol–water partition coefficient (Wildman–Crippen LogP) is 3.69. The lowest BCUT2D eigenvalue weighted by molar-refractivity contribution is 0.301. The molecule has 206 valence electrons. The first kappa shape index (κ1) is 26.4. The van der Waals surface area contributed by atoms with Crippen LogP contribution in [-0.2, 0) is 36.6 Å². The summed E-state index contributed by atoms with van der Waals surface area (Å²) in [6.45, 7) is 1.14. The van der Waals surface area contributed by atoms with Gasteiger partial charge in [-0.2, -0.15) is 14.7 Å². The highest BCUT2D eigenvalue weighted by Crippen LogP contribution is 2.34. The van der Waals surface area contributed by atoms with Crippen LogP contribution in [0.5, 0.6) is 0 Å². The third-order valence-corrected chi connectivity index (χ3v) is 9.16. The number of anilines is 1. The van der Waals surface area contributed by atoms with Gasteiger partial charge in [-0.15, -0.1) is 0 Å². The standard InChI is InChI=1S/C30H28N8O2S/c1-35-22-32-18-28(35)21-36-20-27(16-25-14-23(17-31)9-10-29(25)36)38(41(39,40)30-8-2-3-11-33-30)19-24-6-4-7-26(15-24)37-13-5-12-34-37/h2-15,18,22,27H,16,19-21H2,1H3. The monoisotopic (exact) mass is 564 g/mol. The van der Waals surface area contributed by atoms with Crippen LogP contribution < -0.4 is 4.90 Å². The van der Waals surface area contributed by atoms with E-state index in [0.29, 0.717) is 25.1 Å². The topological polar surface area (TPSA) is 113 Å². The van der Waals surface area contributed by atoms with E-state index in [1.165, 1.54) is 12.3 Å². The summed E-state index contributed by atoms with van der Waals surface area (Å²) in [5.41, 5.74) is 5.11. The highest BCUT2D eigenvalue weighted by molar-refractivity contribution is 7.89. The van der Waals surface area contributed by atoms with E-state index in [0.717, 1.165) is 28.2 Å². The Hall–Kier alpha value is -4.79. The van der Waals surface area contributed by atoms with Gasteiger partial charge in [0.15, 0.2) is 5.03 Å². The number of nitrogens with zero attached hydrogens (tertiary/aromatic N) is 8. The van der Waals surface area contributed by atoms with Crippen molar-refractivity contribution in [1.82, 2.24) is 28.6 Å². The van der Waals surface area contributed by atoms with Crippen LogP contribution in [0.3, 0.4) is 0 Å². The molecule has 1 atom stereocenters. The van der Waals surface area contributed by atoms with Gasteiger partial charge in [-0.25, -0.2) is 23.1 Å². The Balaban J connectivity index is 1.42. The molecule has 1 aliphatic heterocycles. The molecular weight excluding hydrogens is 536 g/mol. The van der Waals surface area contributed by atoms with Gasteiger partial charge in [-0.3, -0.25) is 0 Å². The molecule has 11 heteroatoms. The number of fused-ring (bicyclic) bond motifs is 1. The van der Waals surface area contributed by atoms with Crippen molar-refractivity contribution in [3.8, 4) is 11.8 Å². The van der Waals surface area contributed by atoms with E-state index in [1.54, 1.807) is 39.7 Å². The average Bonchev–Trinajstić information content (AvgIpc) is 3.68. The Kier molecular flexibility index (Phi) is 7.09. The van der Waals surface area contributed by atoms with E-state index in [4.69, 9.17) is 0 Å². The van der Waals surface area contributed by atoms with Crippen LogP contribution in [-0.4, -0.2) is 49.6 Å². The molecule has 0 saturated carbocycles. The second-order valence-corrected chi connectivity index (χ2v) is 11.9. The molecule has 10 nitrogen and oxygen atoms in total. The zero-order valence-corrected chi connectivity index (χ0v) is 23.3. The van der Waals surface area contributed by atoms with Crippen LogP contribution in [0.2, 0.25) is 0 Å². The summed E-state index contributed by atoms with van der Waals surface area (Å²) in [5.74, 6) is 0. The normalized spacial score (nSPS) is 15.0. The molecule has 0 spiro atoms. The summed E-state index contributed by atoms with van der Waals surface area (Å²) in [6, 6.07) is 21.9. The average molecular weight is 565 g/mol. The Labute approximate surface area is 238 Å². The maximum absolute atomic E-state index is 14.2. The minimum absolute atomic E-state index is 0.00186. The molecule has 5 aromatic rings. The number of nitriles is 1. The van der Waals surface area contributed by atoms with Crippen molar-refractivity contribution in [2.24, 2.45) is 7.05 Å². The van der Waals surface area contributed by atoms with Crippen molar-refractivity contribution in [3.05, 3.63) is 120 Å². The molecule has 1 unspecified atom stereocenters. The van der Waals surface area contributed by atoms with E-state index < -0.39 is 16.1 Å². The largest absolute Gasteiger partial charge is 0.364 e. The first-order valence-electron chi connectivity index (χ1n) is 13.2. The number of hydrogen-bond acceptors (Lipinski definition) is 7. The van der Waals surface area contributed by atoms with Crippen molar-refractivity contribution in [1.29, 1.82) is 5.26 Å². The predicted molar refractivity (Wildman–Crippen MR) is 153 cm³/mol. The van der Waals surface area contributed by atoms with Gasteiger partial charge < -0.3 is 9.47 Å². The second-order valence-electron chi connectivity index (χ2n) is 10.0. The third-order valence-electron chi connectivity index (χ3n) is 7.34. The molecule has 41 heavy (non-hydrogen) atoms. The summed E-state index contributed by atoms with van der Waals surface area (Å²) >= 11 is 0. The molecule has 0 radical (unpaired) electrons. The van der Waals surface area contributed by atoms with Gasteiger partial charge in [-0.1, -0.05) is 18.2 Å². The molecule has 0 bridgehead atoms. The number of sulfonamides is 1. The van der Waals surface area contributed by atoms with Gasteiger partial charge in [0.2, 0.25) is 0 Å². The van der Waals surface area contributed by atoms with E-state index in [9.17, 15) is 13.7 Å². The van der Waals surface area contributed by atoms with Gasteiger partial charge in [0.05, 0.1) is 35.9 Å².